The molecule has 0 saturated carbocycles. The number of halogens is 1. The molecule has 0 aliphatic carbocycles. The zero-order valence-electron chi connectivity index (χ0n) is 14.8. The van der Waals surface area contributed by atoms with E-state index in [0.29, 0.717) is 10.9 Å². The van der Waals surface area contributed by atoms with E-state index in [2.05, 4.69) is 15.3 Å². The molecule has 14 heteroatoms. The molecule has 1 saturated heterocycles. The summed E-state index contributed by atoms with van der Waals surface area (Å²) in [5.41, 5.74) is -1.14. The molecule has 1 fully saturated rings. The lowest BCUT2D eigenvalue weighted by molar-refractivity contribution is -0.129. The van der Waals surface area contributed by atoms with E-state index in [9.17, 15) is 29.4 Å². The largest absolute Gasteiger partial charge is 0.470 e. The molecule has 12 nitrogen and oxygen atoms in total. The first kappa shape index (κ1) is 20.4. The Morgan fingerprint density at radius 1 is 1.45 bits per heavy atom. The number of nitrogens with zero attached hydrogens (tertiary/aromatic N) is 3. The van der Waals surface area contributed by atoms with Crippen LogP contribution in [0.15, 0.2) is 18.6 Å². The quantitative estimate of drug-likeness (QED) is 0.397. The van der Waals surface area contributed by atoms with Gasteiger partial charge >= 0.3 is 7.82 Å². The third-order valence-electron chi connectivity index (χ3n) is 4.86. The van der Waals surface area contributed by atoms with E-state index >= 15 is 0 Å². The predicted molar refractivity (Wildman–Crippen MR) is 98.5 cm³/mol. The van der Waals surface area contributed by atoms with Gasteiger partial charge in [0.25, 0.3) is 5.91 Å². The van der Waals surface area contributed by atoms with E-state index in [4.69, 9.17) is 20.9 Å². The molecule has 0 aromatic carbocycles. The number of ether oxygens (including phenoxy) is 1. The molecule has 2 aromatic heterocycles. The highest BCUT2D eigenvalue weighted by Crippen LogP contribution is 2.49. The van der Waals surface area contributed by atoms with Gasteiger partial charge in [-0.2, -0.15) is 0 Å². The Kier molecular flexibility index (Phi) is 4.80. The van der Waals surface area contributed by atoms with Gasteiger partial charge in [0.05, 0.1) is 17.0 Å². The van der Waals surface area contributed by atoms with E-state index in [-0.39, 0.29) is 16.5 Å². The first-order valence-electron chi connectivity index (χ1n) is 8.31. The molecule has 0 unspecified atom stereocenters. The van der Waals surface area contributed by atoms with Crippen molar-refractivity contribution in [1.29, 1.82) is 0 Å². The zero-order chi connectivity index (χ0) is 21.1. The van der Waals surface area contributed by atoms with Gasteiger partial charge in [0.2, 0.25) is 0 Å². The van der Waals surface area contributed by atoms with Gasteiger partial charge in [-0.25, -0.2) is 14.5 Å². The van der Waals surface area contributed by atoms with Crippen molar-refractivity contribution in [2.24, 2.45) is 0 Å². The van der Waals surface area contributed by atoms with Gasteiger partial charge in [0.1, 0.15) is 36.1 Å². The second-order valence-electron chi connectivity index (χ2n) is 6.72. The van der Waals surface area contributed by atoms with Crippen molar-refractivity contribution in [3.8, 4) is 0 Å². The number of nitrogens with one attached hydrogen (secondary N) is 1. The Morgan fingerprint density at radius 3 is 2.83 bits per heavy atom. The highest BCUT2D eigenvalue weighted by molar-refractivity contribution is 7.46. The average Bonchev–Trinajstić information content (AvgIpc) is 3.09. The second-order valence-corrected chi connectivity index (χ2v) is 8.32. The fraction of sp³-hybridized carbons (Fsp3) is 0.400. The summed E-state index contributed by atoms with van der Waals surface area (Å²) in [4.78, 5) is 38.7. The van der Waals surface area contributed by atoms with Gasteiger partial charge in [-0.3, -0.25) is 9.32 Å². The Balaban J connectivity index is 1.95. The summed E-state index contributed by atoms with van der Waals surface area (Å²) in [5, 5.41) is 23.0. The summed E-state index contributed by atoms with van der Waals surface area (Å²) in [5.74, 6) is -0.312. The standard InChI is InChI=1S/C15H16ClN4O8P/c1-15(12(28-29(24,25)26)11(23)8(4-21)27-15)20-3-6-7(16)2-9(22)19-13-10(6)14(20)18-5-17-13/h2-3,5,8,11-12,21,23H,4H2,1H3,(H2,24,25,26)(H,17,18,19,22)/t8-,11-,12+,15-/m1/s1. The molecule has 4 rings (SSSR count). The average molecular weight is 447 g/mol. The van der Waals surface area contributed by atoms with E-state index in [1.165, 1.54) is 24.0 Å². The Hall–Kier alpha value is -1.89. The van der Waals surface area contributed by atoms with Crippen molar-refractivity contribution in [3.63, 3.8) is 0 Å². The Morgan fingerprint density at radius 2 is 2.17 bits per heavy atom. The number of hydrogen-bond acceptors (Lipinski definition) is 8. The van der Waals surface area contributed by atoms with Crippen LogP contribution in [-0.2, 0) is 24.3 Å². The van der Waals surface area contributed by atoms with Gasteiger partial charge in [-0.1, -0.05) is 11.6 Å². The highest BCUT2D eigenvalue weighted by Gasteiger charge is 2.56. The van der Waals surface area contributed by atoms with Crippen LogP contribution in [-0.4, -0.2) is 65.4 Å². The van der Waals surface area contributed by atoms with Crippen LogP contribution >= 0.6 is 19.4 Å². The summed E-state index contributed by atoms with van der Waals surface area (Å²) >= 11 is 6.25. The smallest absolute Gasteiger partial charge is 0.394 e. The summed E-state index contributed by atoms with van der Waals surface area (Å²) < 4.78 is 23.4. The highest BCUT2D eigenvalue weighted by atomic mass is 35.5. The topological polar surface area (TPSA) is 176 Å². The molecule has 4 heterocycles. The molecule has 0 bridgehead atoms. The van der Waals surface area contributed by atoms with Crippen LogP contribution in [0.5, 0.6) is 0 Å². The van der Waals surface area contributed by atoms with E-state index in [1.807, 2.05) is 0 Å². The number of phosphoric acid groups is 1. The third-order valence-corrected chi connectivity index (χ3v) is 5.67. The van der Waals surface area contributed by atoms with Crippen molar-refractivity contribution < 1.29 is 38.6 Å². The van der Waals surface area contributed by atoms with Gasteiger partial charge < -0.3 is 34.6 Å². The van der Waals surface area contributed by atoms with Gasteiger partial charge in [0, 0.05) is 17.8 Å². The number of amides is 1. The van der Waals surface area contributed by atoms with Crippen LogP contribution in [0, 0.1) is 0 Å². The summed E-state index contributed by atoms with van der Waals surface area (Å²) in [7, 11) is -5.04. The van der Waals surface area contributed by atoms with E-state index < -0.39 is 44.4 Å². The van der Waals surface area contributed by atoms with Crippen molar-refractivity contribution >= 4 is 47.2 Å². The maximum Gasteiger partial charge on any atom is 0.470 e. The zero-order valence-corrected chi connectivity index (χ0v) is 16.4. The minimum atomic E-state index is -5.04. The SMILES string of the molecule is C[C@@]1(n2cc3c4c(ncnc42)NC(=O)C=C3Cl)O[C@H](CO)[C@@H](O)[C@@H]1OP(=O)(O)O. The lowest BCUT2D eigenvalue weighted by Gasteiger charge is -2.32. The van der Waals surface area contributed by atoms with Crippen LogP contribution in [0.2, 0.25) is 0 Å². The molecule has 0 spiro atoms. The Bertz CT molecular complexity index is 1080. The molecule has 2 aliphatic rings. The number of aliphatic hydroxyl groups is 2. The number of aromatic nitrogens is 3. The molecule has 156 valence electrons. The number of hydrogen-bond donors (Lipinski definition) is 5. The fourth-order valence-corrected chi connectivity index (χ4v) is 4.48. The normalized spacial score (nSPS) is 29.7. The number of carbonyl (C=O) groups is 1. The fourth-order valence-electron chi connectivity index (χ4n) is 3.62. The number of anilines is 1. The van der Waals surface area contributed by atoms with Crippen molar-refractivity contribution in [3.05, 3.63) is 24.2 Å². The van der Waals surface area contributed by atoms with E-state index in [0.717, 1.165) is 6.08 Å². The third kappa shape index (κ3) is 3.27. The van der Waals surface area contributed by atoms with Gasteiger partial charge in [-0.15, -0.1) is 0 Å². The predicted octanol–water partition coefficient (Wildman–Crippen LogP) is -0.134. The summed E-state index contributed by atoms with van der Waals surface area (Å²) in [6, 6.07) is 0. The Labute approximate surface area is 168 Å². The van der Waals surface area contributed by atoms with Crippen molar-refractivity contribution in [2.75, 3.05) is 11.9 Å². The van der Waals surface area contributed by atoms with Crippen molar-refractivity contribution in [2.45, 2.75) is 31.0 Å². The lowest BCUT2D eigenvalue weighted by atomic mass is 10.0. The maximum atomic E-state index is 11.9. The maximum absolute atomic E-state index is 11.9. The number of carbonyl (C=O) groups excluding carboxylic acids is 1. The molecule has 2 aromatic rings. The van der Waals surface area contributed by atoms with Crippen LogP contribution < -0.4 is 5.32 Å². The first-order valence-corrected chi connectivity index (χ1v) is 10.2. The summed E-state index contributed by atoms with van der Waals surface area (Å²) in [6.07, 6.45) is -0.535. The minimum absolute atomic E-state index is 0.0770. The molecule has 5 N–H and O–H groups in total. The number of rotatable bonds is 4. The number of aliphatic hydroxyl groups excluding tert-OH is 2. The van der Waals surface area contributed by atoms with Gasteiger partial charge in [-0.05, 0) is 6.92 Å². The first-order chi connectivity index (χ1) is 13.5. The van der Waals surface area contributed by atoms with Crippen LogP contribution in [0.3, 0.4) is 0 Å². The minimum Gasteiger partial charge on any atom is -0.394 e. The molecule has 1 amide bonds. The summed E-state index contributed by atoms with van der Waals surface area (Å²) in [6.45, 7) is 0.792. The van der Waals surface area contributed by atoms with Gasteiger partial charge in [0.15, 0.2) is 5.72 Å². The van der Waals surface area contributed by atoms with Crippen LogP contribution in [0.25, 0.3) is 16.1 Å². The molecule has 29 heavy (non-hydrogen) atoms. The molecule has 2 aliphatic heterocycles. The number of phosphoric ester groups is 1. The molecular weight excluding hydrogens is 431 g/mol. The second kappa shape index (κ2) is 6.83. The molecular formula is C15H16ClN4O8P. The van der Waals surface area contributed by atoms with E-state index in [1.54, 1.807) is 0 Å². The van der Waals surface area contributed by atoms with Crippen LogP contribution in [0.1, 0.15) is 12.5 Å². The van der Waals surface area contributed by atoms with Crippen molar-refractivity contribution in [1.82, 2.24) is 14.5 Å². The van der Waals surface area contributed by atoms with Crippen LogP contribution in [0.4, 0.5) is 5.82 Å². The molecule has 0 radical (unpaired) electrons. The lowest BCUT2D eigenvalue weighted by Crippen LogP contribution is -2.44. The monoisotopic (exact) mass is 446 g/mol. The molecule has 4 atom stereocenters.